The van der Waals surface area contributed by atoms with Crippen LogP contribution in [0.4, 0.5) is 0 Å². The molecular weight excluding hydrogens is 250 g/mol. The molecule has 0 unspecified atom stereocenters. The van der Waals surface area contributed by atoms with Crippen LogP contribution >= 0.6 is 11.8 Å². The Hall–Kier alpha value is -1.49. The largest absolute Gasteiger partial charge is 0.467 e. The Kier molecular flexibility index (Phi) is 2.41. The number of hydrogen-bond donors (Lipinski definition) is 0. The van der Waals surface area contributed by atoms with Gasteiger partial charge in [0, 0.05) is 16.9 Å². The summed E-state index contributed by atoms with van der Waals surface area (Å²) in [6.07, 6.45) is 0. The average molecular weight is 263 g/mol. The maximum absolute atomic E-state index is 12.4. The van der Waals surface area contributed by atoms with Gasteiger partial charge in [0.15, 0.2) is 0 Å². The molecular formula is C13H13NO3S. The molecule has 0 N–H and O–H groups in total. The predicted molar refractivity (Wildman–Crippen MR) is 68.2 cm³/mol. The zero-order valence-electron chi connectivity index (χ0n) is 10.2. The van der Waals surface area contributed by atoms with Crippen molar-refractivity contribution in [1.82, 2.24) is 4.90 Å². The molecule has 0 aliphatic carbocycles. The molecule has 2 aliphatic rings. The summed E-state index contributed by atoms with van der Waals surface area (Å²) >= 11 is 1.62. The maximum Gasteiger partial charge on any atom is 0.329 e. The number of carbonyl (C=O) groups excluding carboxylic acids is 2. The van der Waals surface area contributed by atoms with E-state index in [2.05, 4.69) is 0 Å². The van der Waals surface area contributed by atoms with E-state index in [1.54, 1.807) is 16.7 Å². The standard InChI is InChI=1S/C13H13NO3S/c1-13-9-6-4-3-5-8(9)11(15)14(13)10(7-18-13)12(16)17-2/h3-6,10H,7H2,1-2H3/t10-,13-/m0/s1. The summed E-state index contributed by atoms with van der Waals surface area (Å²) in [5.41, 5.74) is 1.69. The number of amides is 1. The first-order valence-corrected chi connectivity index (χ1v) is 6.73. The van der Waals surface area contributed by atoms with E-state index in [1.165, 1.54) is 7.11 Å². The molecule has 0 spiro atoms. The molecule has 3 rings (SSSR count). The number of rotatable bonds is 1. The monoisotopic (exact) mass is 263 g/mol. The van der Waals surface area contributed by atoms with Crippen molar-refractivity contribution in [2.45, 2.75) is 17.8 Å². The fourth-order valence-corrected chi connectivity index (χ4v) is 4.19. The molecule has 1 aromatic carbocycles. The van der Waals surface area contributed by atoms with Gasteiger partial charge in [0.25, 0.3) is 5.91 Å². The van der Waals surface area contributed by atoms with Gasteiger partial charge in [-0.3, -0.25) is 4.79 Å². The Morgan fingerprint density at radius 3 is 2.94 bits per heavy atom. The number of fused-ring (bicyclic) bond motifs is 3. The van der Waals surface area contributed by atoms with Crippen LogP contribution in [0.1, 0.15) is 22.8 Å². The third kappa shape index (κ3) is 1.28. The first-order valence-electron chi connectivity index (χ1n) is 5.74. The molecule has 0 saturated carbocycles. The first-order chi connectivity index (χ1) is 8.59. The second-order valence-electron chi connectivity index (χ2n) is 4.55. The van der Waals surface area contributed by atoms with Gasteiger partial charge in [-0.2, -0.15) is 0 Å². The van der Waals surface area contributed by atoms with Gasteiger partial charge in [0.05, 0.1) is 7.11 Å². The van der Waals surface area contributed by atoms with Crippen LogP contribution < -0.4 is 0 Å². The highest BCUT2D eigenvalue weighted by atomic mass is 32.2. The lowest BCUT2D eigenvalue weighted by Crippen LogP contribution is -2.45. The topological polar surface area (TPSA) is 46.6 Å². The van der Waals surface area contributed by atoms with Gasteiger partial charge in [-0.25, -0.2) is 4.79 Å². The number of hydrogen-bond acceptors (Lipinski definition) is 4. The smallest absolute Gasteiger partial charge is 0.329 e. The lowest BCUT2D eigenvalue weighted by Gasteiger charge is -2.29. The van der Waals surface area contributed by atoms with Crippen molar-refractivity contribution in [1.29, 1.82) is 0 Å². The van der Waals surface area contributed by atoms with Gasteiger partial charge in [-0.15, -0.1) is 11.8 Å². The average Bonchev–Trinajstić information content (AvgIpc) is 2.85. The van der Waals surface area contributed by atoms with Crippen LogP contribution in [0.15, 0.2) is 24.3 Å². The quantitative estimate of drug-likeness (QED) is 0.722. The summed E-state index contributed by atoms with van der Waals surface area (Å²) in [6, 6.07) is 7.06. The summed E-state index contributed by atoms with van der Waals surface area (Å²) in [4.78, 5) is 25.4. The molecule has 2 aliphatic heterocycles. The van der Waals surface area contributed by atoms with Crippen molar-refractivity contribution in [3.8, 4) is 0 Å². The Labute approximate surface area is 109 Å². The lowest BCUT2D eigenvalue weighted by molar-refractivity contribution is -0.145. The molecule has 0 aromatic heterocycles. The van der Waals surface area contributed by atoms with Gasteiger partial charge in [0.1, 0.15) is 10.9 Å². The second kappa shape index (κ2) is 3.75. The number of methoxy groups -OCH3 is 1. The molecule has 94 valence electrons. The van der Waals surface area contributed by atoms with E-state index in [0.717, 1.165) is 5.56 Å². The van der Waals surface area contributed by atoms with E-state index in [9.17, 15) is 9.59 Å². The van der Waals surface area contributed by atoms with Gasteiger partial charge in [-0.1, -0.05) is 18.2 Å². The normalized spacial score (nSPS) is 29.1. The highest BCUT2D eigenvalue weighted by molar-refractivity contribution is 8.00. The van der Waals surface area contributed by atoms with Crippen molar-refractivity contribution in [2.75, 3.05) is 12.9 Å². The van der Waals surface area contributed by atoms with E-state index >= 15 is 0 Å². The minimum absolute atomic E-state index is 0.0755. The van der Waals surface area contributed by atoms with Crippen LogP contribution in [0.3, 0.4) is 0 Å². The van der Waals surface area contributed by atoms with Gasteiger partial charge in [-0.05, 0) is 13.0 Å². The first kappa shape index (κ1) is 11.6. The van der Waals surface area contributed by atoms with Gasteiger partial charge < -0.3 is 9.64 Å². The van der Waals surface area contributed by atoms with E-state index in [0.29, 0.717) is 11.3 Å². The SMILES string of the molecule is COC(=O)[C@@H]1CS[C@@]2(C)c3ccccc3C(=O)N12. The highest BCUT2D eigenvalue weighted by Gasteiger charge is 2.56. The molecule has 1 saturated heterocycles. The Morgan fingerprint density at radius 1 is 1.50 bits per heavy atom. The minimum Gasteiger partial charge on any atom is -0.467 e. The molecule has 2 atom stereocenters. The van der Waals surface area contributed by atoms with Crippen molar-refractivity contribution in [3.63, 3.8) is 0 Å². The predicted octanol–water partition coefficient (Wildman–Crippen LogP) is 1.60. The number of esters is 1. The number of nitrogens with zero attached hydrogens (tertiary/aromatic N) is 1. The van der Waals surface area contributed by atoms with Crippen molar-refractivity contribution >= 4 is 23.6 Å². The highest BCUT2D eigenvalue weighted by Crippen LogP contribution is 2.53. The van der Waals surface area contributed by atoms with Crippen molar-refractivity contribution in [3.05, 3.63) is 35.4 Å². The zero-order chi connectivity index (χ0) is 12.9. The van der Waals surface area contributed by atoms with E-state index < -0.39 is 10.9 Å². The van der Waals surface area contributed by atoms with Crippen LogP contribution in [0, 0.1) is 0 Å². The third-order valence-corrected chi connectivity index (χ3v) is 5.10. The van der Waals surface area contributed by atoms with Crippen molar-refractivity contribution in [2.24, 2.45) is 0 Å². The number of carbonyl (C=O) groups is 2. The molecule has 1 aromatic rings. The molecule has 18 heavy (non-hydrogen) atoms. The van der Waals surface area contributed by atoms with Crippen LogP contribution in [0.5, 0.6) is 0 Å². The number of benzene rings is 1. The Balaban J connectivity index is 2.10. The van der Waals surface area contributed by atoms with Crippen LogP contribution in [0.2, 0.25) is 0 Å². The van der Waals surface area contributed by atoms with Crippen LogP contribution in [-0.4, -0.2) is 35.7 Å². The minimum atomic E-state index is -0.482. The fraction of sp³-hybridized carbons (Fsp3) is 0.385. The van der Waals surface area contributed by atoms with E-state index in [4.69, 9.17) is 4.74 Å². The summed E-state index contributed by atoms with van der Waals surface area (Å²) in [6.45, 7) is 1.99. The summed E-state index contributed by atoms with van der Waals surface area (Å²) < 4.78 is 4.79. The van der Waals surface area contributed by atoms with Gasteiger partial charge >= 0.3 is 5.97 Å². The second-order valence-corrected chi connectivity index (χ2v) is 5.97. The molecule has 0 bridgehead atoms. The molecule has 1 amide bonds. The third-order valence-electron chi connectivity index (χ3n) is 3.64. The molecule has 5 heteroatoms. The number of ether oxygens (including phenoxy) is 1. The van der Waals surface area contributed by atoms with Crippen LogP contribution in [-0.2, 0) is 14.4 Å². The summed E-state index contributed by atoms with van der Waals surface area (Å²) in [5.74, 6) is 0.171. The maximum atomic E-state index is 12.4. The Morgan fingerprint density at radius 2 is 2.22 bits per heavy atom. The fourth-order valence-electron chi connectivity index (χ4n) is 2.74. The molecule has 1 fully saturated rings. The Bertz CT molecular complexity index is 545. The summed E-state index contributed by atoms with van der Waals surface area (Å²) in [5, 5.41) is 0. The van der Waals surface area contributed by atoms with E-state index in [-0.39, 0.29) is 11.9 Å². The van der Waals surface area contributed by atoms with E-state index in [1.807, 2.05) is 31.2 Å². The van der Waals surface area contributed by atoms with Crippen LogP contribution in [0.25, 0.3) is 0 Å². The molecule has 4 nitrogen and oxygen atoms in total. The van der Waals surface area contributed by atoms with Gasteiger partial charge in [0.2, 0.25) is 0 Å². The summed E-state index contributed by atoms with van der Waals surface area (Å²) in [7, 11) is 1.36. The van der Waals surface area contributed by atoms with Crippen molar-refractivity contribution < 1.29 is 14.3 Å². The molecule has 0 radical (unpaired) electrons. The lowest BCUT2D eigenvalue weighted by atomic mass is 10.1. The molecule has 2 heterocycles. The zero-order valence-corrected chi connectivity index (χ0v) is 11.0. The number of thioether (sulfide) groups is 1.